The van der Waals surface area contributed by atoms with Gasteiger partial charge in [-0.3, -0.25) is 0 Å². The van der Waals surface area contributed by atoms with Crippen LogP contribution in [0.5, 0.6) is 0 Å². The van der Waals surface area contributed by atoms with Crippen molar-refractivity contribution in [3.8, 4) is 0 Å². The molecule has 1 atom stereocenters. The van der Waals surface area contributed by atoms with E-state index in [1.54, 1.807) is 12.1 Å². The van der Waals surface area contributed by atoms with Crippen molar-refractivity contribution in [1.82, 2.24) is 4.90 Å². The molecule has 1 aromatic rings. The molecule has 5 heteroatoms. The van der Waals surface area contributed by atoms with Gasteiger partial charge in [-0.1, -0.05) is 11.6 Å². The molecule has 0 aromatic heterocycles. The number of hydrogen-bond donors (Lipinski definition) is 1. The standard InChI is InChI=1S/C16H21ClN2O2/c17-13-5-7-14(8-6-13)18-16(20)19(10-12-3-4-12)11-15-2-1-9-21-15/h5-8,12,15H,1-4,9-11H2,(H,18,20). The second kappa shape index (κ2) is 6.67. The van der Waals surface area contributed by atoms with Crippen molar-refractivity contribution in [3.63, 3.8) is 0 Å². The Morgan fingerprint density at radius 2 is 2.00 bits per heavy atom. The molecule has 4 nitrogen and oxygen atoms in total. The lowest BCUT2D eigenvalue weighted by Gasteiger charge is -2.25. The fourth-order valence-corrected chi connectivity index (χ4v) is 2.75. The van der Waals surface area contributed by atoms with Gasteiger partial charge in [-0.25, -0.2) is 4.79 Å². The Kier molecular flexibility index (Phi) is 4.66. The largest absolute Gasteiger partial charge is 0.376 e. The Balaban J connectivity index is 1.60. The second-order valence-electron chi connectivity index (χ2n) is 5.92. The first-order valence-electron chi connectivity index (χ1n) is 7.64. The first-order valence-corrected chi connectivity index (χ1v) is 8.01. The van der Waals surface area contributed by atoms with E-state index in [9.17, 15) is 4.79 Å². The van der Waals surface area contributed by atoms with Gasteiger partial charge < -0.3 is 15.0 Å². The first kappa shape index (κ1) is 14.7. The van der Waals surface area contributed by atoms with Gasteiger partial charge in [0.15, 0.2) is 0 Å². The number of ether oxygens (including phenoxy) is 1. The lowest BCUT2D eigenvalue weighted by molar-refractivity contribution is 0.0825. The van der Waals surface area contributed by atoms with Crippen molar-refractivity contribution < 1.29 is 9.53 Å². The number of benzene rings is 1. The molecular weight excluding hydrogens is 288 g/mol. The maximum absolute atomic E-state index is 12.5. The summed E-state index contributed by atoms with van der Waals surface area (Å²) in [5, 5.41) is 3.62. The number of carbonyl (C=O) groups excluding carboxylic acids is 1. The molecule has 0 bridgehead atoms. The van der Waals surface area contributed by atoms with Crippen LogP contribution >= 0.6 is 11.6 Å². The first-order chi connectivity index (χ1) is 10.2. The highest BCUT2D eigenvalue weighted by molar-refractivity contribution is 6.30. The van der Waals surface area contributed by atoms with Gasteiger partial charge >= 0.3 is 6.03 Å². The Bertz CT molecular complexity index is 482. The van der Waals surface area contributed by atoms with Gasteiger partial charge in [0.1, 0.15) is 0 Å². The minimum absolute atomic E-state index is 0.0419. The zero-order chi connectivity index (χ0) is 14.7. The number of nitrogens with one attached hydrogen (secondary N) is 1. The topological polar surface area (TPSA) is 41.6 Å². The highest BCUT2D eigenvalue weighted by atomic mass is 35.5. The van der Waals surface area contributed by atoms with Crippen molar-refractivity contribution in [2.45, 2.75) is 31.8 Å². The molecular formula is C16H21ClN2O2. The Morgan fingerprint density at radius 3 is 2.62 bits per heavy atom. The molecule has 114 valence electrons. The average Bonchev–Trinajstić information content (AvgIpc) is 3.14. The van der Waals surface area contributed by atoms with E-state index in [1.807, 2.05) is 17.0 Å². The van der Waals surface area contributed by atoms with Crippen LogP contribution in [0.1, 0.15) is 25.7 Å². The van der Waals surface area contributed by atoms with Crippen LogP contribution in [0.25, 0.3) is 0 Å². The Hall–Kier alpha value is -1.26. The quantitative estimate of drug-likeness (QED) is 0.900. The smallest absolute Gasteiger partial charge is 0.321 e. The maximum Gasteiger partial charge on any atom is 0.321 e. The highest BCUT2D eigenvalue weighted by Gasteiger charge is 2.29. The Morgan fingerprint density at radius 1 is 1.24 bits per heavy atom. The predicted molar refractivity (Wildman–Crippen MR) is 83.7 cm³/mol. The molecule has 2 aliphatic rings. The molecule has 1 heterocycles. The predicted octanol–water partition coefficient (Wildman–Crippen LogP) is 3.76. The fourth-order valence-electron chi connectivity index (χ4n) is 2.62. The fraction of sp³-hybridized carbons (Fsp3) is 0.562. The molecule has 1 aliphatic heterocycles. The number of rotatable bonds is 5. The summed E-state index contributed by atoms with van der Waals surface area (Å²) in [6.45, 7) is 2.34. The monoisotopic (exact) mass is 308 g/mol. The summed E-state index contributed by atoms with van der Waals surface area (Å²) < 4.78 is 5.66. The molecule has 1 aliphatic carbocycles. The normalized spacial score (nSPS) is 21.3. The lowest BCUT2D eigenvalue weighted by Crippen LogP contribution is -2.41. The van der Waals surface area contributed by atoms with Crippen LogP contribution in [0.2, 0.25) is 5.02 Å². The number of anilines is 1. The van der Waals surface area contributed by atoms with Crippen LogP contribution in [0.15, 0.2) is 24.3 Å². The third-order valence-electron chi connectivity index (χ3n) is 4.01. The van der Waals surface area contributed by atoms with E-state index in [-0.39, 0.29) is 12.1 Å². The van der Waals surface area contributed by atoms with Gasteiger partial charge in [-0.05, 0) is 55.9 Å². The van der Waals surface area contributed by atoms with Crippen LogP contribution in [-0.4, -0.2) is 36.7 Å². The summed E-state index contributed by atoms with van der Waals surface area (Å²) in [4.78, 5) is 14.4. The summed E-state index contributed by atoms with van der Waals surface area (Å²) in [5.41, 5.74) is 0.775. The van der Waals surface area contributed by atoms with Crippen LogP contribution in [0.4, 0.5) is 10.5 Å². The third kappa shape index (κ3) is 4.35. The van der Waals surface area contributed by atoms with Crippen molar-refractivity contribution in [2.24, 2.45) is 5.92 Å². The molecule has 0 spiro atoms. The summed E-state index contributed by atoms with van der Waals surface area (Å²) in [6, 6.07) is 7.16. The zero-order valence-electron chi connectivity index (χ0n) is 12.1. The summed E-state index contributed by atoms with van der Waals surface area (Å²) in [6.07, 6.45) is 4.81. The van der Waals surface area contributed by atoms with E-state index in [1.165, 1.54) is 12.8 Å². The van der Waals surface area contributed by atoms with Gasteiger partial charge in [0, 0.05) is 30.4 Å². The Labute approximate surface area is 130 Å². The van der Waals surface area contributed by atoms with Crippen molar-refractivity contribution in [3.05, 3.63) is 29.3 Å². The molecule has 0 radical (unpaired) electrons. The minimum Gasteiger partial charge on any atom is -0.376 e. The van der Waals surface area contributed by atoms with Crippen LogP contribution in [0.3, 0.4) is 0 Å². The van der Waals surface area contributed by atoms with Crippen LogP contribution in [-0.2, 0) is 4.74 Å². The molecule has 1 N–H and O–H groups in total. The van der Waals surface area contributed by atoms with Crippen molar-refractivity contribution in [1.29, 1.82) is 0 Å². The van der Waals surface area contributed by atoms with Gasteiger partial charge in [0.05, 0.1) is 6.10 Å². The van der Waals surface area contributed by atoms with Crippen LogP contribution < -0.4 is 5.32 Å². The average molecular weight is 309 g/mol. The van der Waals surface area contributed by atoms with Gasteiger partial charge in [-0.15, -0.1) is 0 Å². The maximum atomic E-state index is 12.5. The van der Waals surface area contributed by atoms with Crippen molar-refractivity contribution in [2.75, 3.05) is 25.0 Å². The highest BCUT2D eigenvalue weighted by Crippen LogP contribution is 2.30. The van der Waals surface area contributed by atoms with Crippen molar-refractivity contribution >= 4 is 23.3 Å². The van der Waals surface area contributed by atoms with E-state index in [0.29, 0.717) is 17.5 Å². The molecule has 2 amide bonds. The summed E-state index contributed by atoms with van der Waals surface area (Å²) in [7, 11) is 0. The van der Waals surface area contributed by atoms with E-state index < -0.39 is 0 Å². The third-order valence-corrected chi connectivity index (χ3v) is 4.26. The minimum atomic E-state index is -0.0419. The number of hydrogen-bond acceptors (Lipinski definition) is 2. The van der Waals surface area contributed by atoms with Crippen LogP contribution in [0, 0.1) is 5.92 Å². The molecule has 1 saturated carbocycles. The summed E-state index contributed by atoms with van der Waals surface area (Å²) in [5.74, 6) is 0.669. The SMILES string of the molecule is O=C(Nc1ccc(Cl)cc1)N(CC1CC1)CC1CCCO1. The van der Waals surface area contributed by atoms with Gasteiger partial charge in [-0.2, -0.15) is 0 Å². The zero-order valence-corrected chi connectivity index (χ0v) is 12.8. The van der Waals surface area contributed by atoms with E-state index in [0.717, 1.165) is 31.7 Å². The molecule has 3 rings (SSSR count). The molecule has 2 fully saturated rings. The van der Waals surface area contributed by atoms with Gasteiger partial charge in [0.25, 0.3) is 0 Å². The lowest BCUT2D eigenvalue weighted by atomic mass is 10.2. The summed E-state index contributed by atoms with van der Waals surface area (Å²) >= 11 is 5.86. The van der Waals surface area contributed by atoms with E-state index >= 15 is 0 Å². The molecule has 1 saturated heterocycles. The number of halogens is 1. The second-order valence-corrected chi connectivity index (χ2v) is 6.36. The number of nitrogens with zero attached hydrogens (tertiary/aromatic N) is 1. The number of urea groups is 1. The molecule has 21 heavy (non-hydrogen) atoms. The van der Waals surface area contributed by atoms with E-state index in [2.05, 4.69) is 5.32 Å². The van der Waals surface area contributed by atoms with Gasteiger partial charge in [0.2, 0.25) is 0 Å². The number of carbonyl (C=O) groups is 1. The molecule has 1 unspecified atom stereocenters. The van der Waals surface area contributed by atoms with E-state index in [4.69, 9.17) is 16.3 Å². The molecule has 1 aromatic carbocycles. The number of amides is 2.